The number of carboxylic acids is 1. The molecule has 0 bridgehead atoms. The number of aliphatic hydroxyl groups is 1. The van der Waals surface area contributed by atoms with Gasteiger partial charge in [0.05, 0.1) is 35.7 Å². The van der Waals surface area contributed by atoms with Crippen LogP contribution in [0.2, 0.25) is 5.02 Å². The number of carboxylic acid groups (broad SMARTS) is 1. The summed E-state index contributed by atoms with van der Waals surface area (Å²) in [5, 5.41) is 18.5. The number of rotatable bonds is 7. The summed E-state index contributed by atoms with van der Waals surface area (Å²) in [5.41, 5.74) is -0.834. The van der Waals surface area contributed by atoms with Crippen LogP contribution >= 0.6 is 11.6 Å². The van der Waals surface area contributed by atoms with E-state index in [1.807, 2.05) is 20.8 Å². The van der Waals surface area contributed by atoms with Gasteiger partial charge in [-0.25, -0.2) is 4.79 Å². The van der Waals surface area contributed by atoms with E-state index in [-0.39, 0.29) is 43.1 Å². The molecule has 0 saturated heterocycles. The fraction of sp³-hybridized carbons (Fsp3) is 0.444. The predicted molar refractivity (Wildman–Crippen MR) is 98.6 cm³/mol. The Balaban J connectivity index is 2.54. The van der Waals surface area contributed by atoms with Gasteiger partial charge in [-0.05, 0) is 32.9 Å². The first kappa shape index (κ1) is 20.2. The van der Waals surface area contributed by atoms with Crippen molar-refractivity contribution in [2.24, 2.45) is 0 Å². The van der Waals surface area contributed by atoms with Crippen molar-refractivity contribution >= 4 is 28.5 Å². The average molecular weight is 384 g/mol. The number of aromatic nitrogens is 1. The van der Waals surface area contributed by atoms with E-state index >= 15 is 0 Å². The predicted octanol–water partition coefficient (Wildman–Crippen LogP) is 2.50. The van der Waals surface area contributed by atoms with E-state index in [1.165, 1.54) is 12.3 Å². The van der Waals surface area contributed by atoms with E-state index < -0.39 is 16.9 Å². The highest BCUT2D eigenvalue weighted by Crippen LogP contribution is 2.31. The molecule has 0 atom stereocenters. The van der Waals surface area contributed by atoms with Gasteiger partial charge in [0.2, 0.25) is 5.43 Å². The number of benzene rings is 1. The van der Waals surface area contributed by atoms with Gasteiger partial charge in [0.25, 0.3) is 0 Å². The summed E-state index contributed by atoms with van der Waals surface area (Å²) in [5.74, 6) is -1.02. The van der Waals surface area contributed by atoms with Gasteiger partial charge < -0.3 is 24.3 Å². The monoisotopic (exact) mass is 383 g/mol. The molecule has 0 radical (unpaired) electrons. The molecule has 0 aliphatic carbocycles. The van der Waals surface area contributed by atoms with Crippen molar-refractivity contribution < 1.29 is 24.5 Å². The molecule has 1 aromatic heterocycles. The molecule has 0 aliphatic heterocycles. The van der Waals surface area contributed by atoms with Crippen molar-refractivity contribution in [2.75, 3.05) is 26.4 Å². The number of halogens is 1. The zero-order valence-electron chi connectivity index (χ0n) is 14.9. The SMILES string of the molecule is CC(C)(C)n1cc(C(=O)O)c(=O)c2cc(OCCOCCO)c(Cl)cc21. The molecule has 0 saturated carbocycles. The molecule has 2 rings (SSSR count). The molecule has 0 fully saturated rings. The molecule has 8 heteroatoms. The summed E-state index contributed by atoms with van der Waals surface area (Å²) in [6.07, 6.45) is 1.34. The van der Waals surface area contributed by atoms with Gasteiger partial charge in [-0.1, -0.05) is 11.6 Å². The second-order valence-electron chi connectivity index (χ2n) is 6.70. The maximum atomic E-state index is 12.6. The minimum absolute atomic E-state index is 0.0823. The van der Waals surface area contributed by atoms with E-state index in [4.69, 9.17) is 26.2 Å². The van der Waals surface area contributed by atoms with Crippen LogP contribution in [-0.2, 0) is 10.3 Å². The van der Waals surface area contributed by atoms with Gasteiger partial charge in [-0.15, -0.1) is 0 Å². The third-order valence-corrected chi connectivity index (χ3v) is 4.03. The Morgan fingerprint density at radius 2 is 1.92 bits per heavy atom. The summed E-state index contributed by atoms with van der Waals surface area (Å²) >= 11 is 6.28. The number of hydrogen-bond acceptors (Lipinski definition) is 5. The quantitative estimate of drug-likeness (QED) is 0.713. The lowest BCUT2D eigenvalue weighted by atomic mass is 10.0. The van der Waals surface area contributed by atoms with Crippen molar-refractivity contribution in [3.05, 3.63) is 39.1 Å². The van der Waals surface area contributed by atoms with Crippen molar-refractivity contribution in [1.29, 1.82) is 0 Å². The van der Waals surface area contributed by atoms with Crippen molar-refractivity contribution in [3.63, 3.8) is 0 Å². The molecular weight excluding hydrogens is 362 g/mol. The summed E-state index contributed by atoms with van der Waals surface area (Å²) < 4.78 is 12.4. The first-order valence-electron chi connectivity index (χ1n) is 8.11. The minimum atomic E-state index is -1.29. The maximum Gasteiger partial charge on any atom is 0.341 e. The number of ether oxygens (including phenoxy) is 2. The Morgan fingerprint density at radius 3 is 2.50 bits per heavy atom. The molecule has 7 nitrogen and oxygen atoms in total. The number of hydrogen-bond donors (Lipinski definition) is 2. The van der Waals surface area contributed by atoms with Crippen LogP contribution in [0.25, 0.3) is 10.9 Å². The topological polar surface area (TPSA) is 98.0 Å². The third-order valence-electron chi connectivity index (χ3n) is 3.73. The second kappa shape index (κ2) is 8.07. The Kier molecular flexibility index (Phi) is 6.28. The molecule has 0 unspecified atom stereocenters. The van der Waals surface area contributed by atoms with Gasteiger partial charge in [0, 0.05) is 11.7 Å². The molecule has 0 amide bonds. The number of nitrogens with zero attached hydrogens (tertiary/aromatic N) is 1. The first-order valence-corrected chi connectivity index (χ1v) is 8.48. The zero-order valence-corrected chi connectivity index (χ0v) is 15.7. The molecule has 2 N–H and O–H groups in total. The normalized spacial score (nSPS) is 11.7. The highest BCUT2D eigenvalue weighted by molar-refractivity contribution is 6.32. The second-order valence-corrected chi connectivity index (χ2v) is 7.11. The smallest absolute Gasteiger partial charge is 0.341 e. The van der Waals surface area contributed by atoms with E-state index in [0.29, 0.717) is 10.5 Å². The van der Waals surface area contributed by atoms with Crippen LogP contribution in [-0.4, -0.2) is 47.2 Å². The van der Waals surface area contributed by atoms with E-state index in [2.05, 4.69) is 0 Å². The molecule has 0 aliphatic rings. The molecule has 2 aromatic rings. The first-order chi connectivity index (χ1) is 12.2. The fourth-order valence-electron chi connectivity index (χ4n) is 2.52. The number of carbonyl (C=O) groups is 1. The summed E-state index contributed by atoms with van der Waals surface area (Å²) in [7, 11) is 0. The standard InChI is InChI=1S/C18H22ClNO6/c1-18(2,3)20-10-12(17(23)24)16(22)11-8-15(13(19)9-14(11)20)26-7-6-25-5-4-21/h8-10,21H,4-7H2,1-3H3,(H,23,24). The Hall–Kier alpha value is -2.09. The van der Waals surface area contributed by atoms with Gasteiger partial charge in [-0.2, -0.15) is 0 Å². The average Bonchev–Trinajstić information content (AvgIpc) is 2.54. The van der Waals surface area contributed by atoms with Gasteiger partial charge in [0.1, 0.15) is 17.9 Å². The lowest BCUT2D eigenvalue weighted by Crippen LogP contribution is -2.27. The maximum absolute atomic E-state index is 12.6. The molecule has 1 heterocycles. The van der Waals surface area contributed by atoms with Gasteiger partial charge in [-0.3, -0.25) is 4.79 Å². The number of fused-ring (bicyclic) bond motifs is 1. The lowest BCUT2D eigenvalue weighted by Gasteiger charge is -2.26. The summed E-state index contributed by atoms with van der Waals surface area (Å²) in [4.78, 5) is 24.0. The van der Waals surface area contributed by atoms with Crippen LogP contribution < -0.4 is 10.2 Å². The van der Waals surface area contributed by atoms with Crippen LogP contribution in [0.4, 0.5) is 0 Å². The summed E-state index contributed by atoms with van der Waals surface area (Å²) in [6.45, 7) is 6.25. The number of aromatic carboxylic acids is 1. The third kappa shape index (κ3) is 4.35. The summed E-state index contributed by atoms with van der Waals surface area (Å²) in [6, 6.07) is 3.06. The largest absolute Gasteiger partial charge is 0.490 e. The molecule has 1 aromatic carbocycles. The molecule has 142 valence electrons. The van der Waals surface area contributed by atoms with Crippen LogP contribution in [0.15, 0.2) is 23.1 Å². The molecule has 0 spiro atoms. The Bertz CT molecular complexity index is 869. The molecule has 26 heavy (non-hydrogen) atoms. The van der Waals surface area contributed by atoms with Gasteiger partial charge in [0.15, 0.2) is 0 Å². The van der Waals surface area contributed by atoms with Crippen molar-refractivity contribution in [1.82, 2.24) is 4.57 Å². The van der Waals surface area contributed by atoms with Crippen LogP contribution in [0.1, 0.15) is 31.1 Å². The van der Waals surface area contributed by atoms with E-state index in [1.54, 1.807) is 10.6 Å². The number of pyridine rings is 1. The fourth-order valence-corrected chi connectivity index (χ4v) is 2.73. The van der Waals surface area contributed by atoms with E-state index in [0.717, 1.165) is 0 Å². The number of aliphatic hydroxyl groups excluding tert-OH is 1. The van der Waals surface area contributed by atoms with E-state index in [9.17, 15) is 14.7 Å². The van der Waals surface area contributed by atoms with Crippen LogP contribution in [0.3, 0.4) is 0 Å². The minimum Gasteiger partial charge on any atom is -0.490 e. The Labute approximate surface area is 155 Å². The Morgan fingerprint density at radius 1 is 1.23 bits per heavy atom. The molecular formula is C18H22ClNO6. The lowest BCUT2D eigenvalue weighted by molar-refractivity contribution is 0.0694. The van der Waals surface area contributed by atoms with Crippen LogP contribution in [0.5, 0.6) is 5.75 Å². The highest BCUT2D eigenvalue weighted by atomic mass is 35.5. The van der Waals surface area contributed by atoms with Gasteiger partial charge >= 0.3 is 5.97 Å². The highest BCUT2D eigenvalue weighted by Gasteiger charge is 2.22. The van der Waals surface area contributed by atoms with Crippen molar-refractivity contribution in [2.45, 2.75) is 26.3 Å². The zero-order chi connectivity index (χ0) is 19.5. The van der Waals surface area contributed by atoms with Crippen LogP contribution in [0, 0.1) is 0 Å². The van der Waals surface area contributed by atoms with Crippen molar-refractivity contribution in [3.8, 4) is 5.75 Å².